The molecule has 1 aromatic heterocycles. The van der Waals surface area contributed by atoms with E-state index in [1.807, 2.05) is 0 Å². The fraction of sp³-hybridized carbons (Fsp3) is 0.353. The zero-order valence-electron chi connectivity index (χ0n) is 13.5. The molecule has 2 N–H and O–H groups in total. The zero-order valence-corrected chi connectivity index (χ0v) is 13.5. The van der Waals surface area contributed by atoms with Crippen LogP contribution in [0.2, 0.25) is 0 Å². The maximum Gasteiger partial charge on any atom is 0.340 e. The van der Waals surface area contributed by atoms with E-state index in [4.69, 9.17) is 4.42 Å². The van der Waals surface area contributed by atoms with Gasteiger partial charge in [-0.1, -0.05) is 0 Å². The second kappa shape index (κ2) is 7.16. The van der Waals surface area contributed by atoms with E-state index in [1.165, 1.54) is 6.07 Å². The Balaban J connectivity index is 2.21. The largest absolute Gasteiger partial charge is 0.550 e. The lowest BCUT2D eigenvalue weighted by molar-refractivity contribution is -0.305. The number of carbonyl (C=O) groups excluding carboxylic acids is 2. The average molecular weight is 332 g/mol. The van der Waals surface area contributed by atoms with Gasteiger partial charge in [0.15, 0.2) is 0 Å². The molecule has 1 amide bonds. The summed E-state index contributed by atoms with van der Waals surface area (Å²) in [5, 5.41) is 23.2. The van der Waals surface area contributed by atoms with E-state index < -0.39 is 17.5 Å². The summed E-state index contributed by atoms with van der Waals surface area (Å²) in [5.74, 6) is -1.53. The zero-order chi connectivity index (χ0) is 17.9. The van der Waals surface area contributed by atoms with Gasteiger partial charge < -0.3 is 24.7 Å². The Bertz CT molecular complexity index is 852. The van der Waals surface area contributed by atoms with Crippen molar-refractivity contribution in [2.24, 2.45) is 0 Å². The second-order valence-electron chi connectivity index (χ2n) is 5.58. The number of fused-ring (bicyclic) bond motifs is 1. The molecule has 2 aromatic rings. The first-order valence-electron chi connectivity index (χ1n) is 7.52. The number of benzene rings is 1. The van der Waals surface area contributed by atoms with Crippen LogP contribution in [0.1, 0.15) is 29.5 Å². The number of phenols is 1. The number of amides is 1. The van der Waals surface area contributed by atoms with Crippen molar-refractivity contribution in [1.29, 1.82) is 0 Å². The molecule has 0 aliphatic carbocycles. The van der Waals surface area contributed by atoms with Crippen LogP contribution >= 0.6 is 0 Å². The highest BCUT2D eigenvalue weighted by Gasteiger charge is 2.16. The molecule has 2 rings (SSSR count). The summed E-state index contributed by atoms with van der Waals surface area (Å²) in [6, 6.07) is 3.14. The average Bonchev–Trinajstić information content (AvgIpc) is 2.52. The molecule has 0 saturated heterocycles. The Labute approximate surface area is 137 Å². The number of aliphatic carboxylic acids is 1. The number of aromatic hydroxyl groups is 1. The summed E-state index contributed by atoms with van der Waals surface area (Å²) in [4.78, 5) is 34.4. The van der Waals surface area contributed by atoms with Gasteiger partial charge in [0.1, 0.15) is 11.3 Å². The first-order valence-corrected chi connectivity index (χ1v) is 7.52. The van der Waals surface area contributed by atoms with Crippen LogP contribution in [0.15, 0.2) is 21.3 Å². The van der Waals surface area contributed by atoms with Crippen LogP contribution in [-0.4, -0.2) is 23.5 Å². The molecule has 0 fully saturated rings. The second-order valence-corrected chi connectivity index (χ2v) is 5.58. The van der Waals surface area contributed by atoms with E-state index >= 15 is 0 Å². The summed E-state index contributed by atoms with van der Waals surface area (Å²) in [6.07, 6.45) is -0.0343. The van der Waals surface area contributed by atoms with E-state index in [1.54, 1.807) is 19.9 Å². The minimum absolute atomic E-state index is 0.0310. The van der Waals surface area contributed by atoms with Crippen LogP contribution < -0.4 is 16.0 Å². The van der Waals surface area contributed by atoms with Gasteiger partial charge in [-0.05, 0) is 44.4 Å². The highest BCUT2D eigenvalue weighted by Crippen LogP contribution is 2.28. The van der Waals surface area contributed by atoms with Gasteiger partial charge in [-0.15, -0.1) is 0 Å². The van der Waals surface area contributed by atoms with Crippen molar-refractivity contribution in [3.05, 3.63) is 39.2 Å². The molecular formula is C17H18NO6-. The van der Waals surface area contributed by atoms with Crippen molar-refractivity contribution < 1.29 is 24.2 Å². The lowest BCUT2D eigenvalue weighted by atomic mass is 10.0. The number of carboxylic acids is 1. The van der Waals surface area contributed by atoms with Gasteiger partial charge in [0.05, 0.1) is 12.0 Å². The Hall–Kier alpha value is -2.83. The number of carboxylic acid groups (broad SMARTS) is 1. The molecule has 0 atom stereocenters. The van der Waals surface area contributed by atoms with Crippen molar-refractivity contribution in [2.45, 2.75) is 33.1 Å². The molecule has 7 nitrogen and oxygen atoms in total. The van der Waals surface area contributed by atoms with Gasteiger partial charge in [-0.25, -0.2) is 4.79 Å². The molecule has 1 heterocycles. The highest BCUT2D eigenvalue weighted by molar-refractivity contribution is 5.87. The third kappa shape index (κ3) is 3.73. The molecule has 0 radical (unpaired) electrons. The molecule has 0 bridgehead atoms. The molecule has 0 spiro atoms. The van der Waals surface area contributed by atoms with Gasteiger partial charge in [-0.2, -0.15) is 0 Å². The number of aryl methyl sites for hydroxylation is 2. The number of hydrogen-bond donors (Lipinski definition) is 2. The molecule has 0 aliphatic heterocycles. The molecule has 1 aromatic carbocycles. The van der Waals surface area contributed by atoms with Crippen molar-refractivity contribution in [3.8, 4) is 5.75 Å². The van der Waals surface area contributed by atoms with Gasteiger partial charge in [-0.3, -0.25) is 4.79 Å². The Morgan fingerprint density at radius 1 is 1.25 bits per heavy atom. The summed E-state index contributed by atoms with van der Waals surface area (Å²) in [6.45, 7) is 3.55. The maximum absolute atomic E-state index is 12.2. The molecule has 128 valence electrons. The number of nitrogens with one attached hydrogen (secondary N) is 1. The van der Waals surface area contributed by atoms with E-state index in [0.29, 0.717) is 22.1 Å². The Morgan fingerprint density at radius 2 is 1.96 bits per heavy atom. The molecule has 0 unspecified atom stereocenters. The fourth-order valence-electron chi connectivity index (χ4n) is 2.47. The van der Waals surface area contributed by atoms with Crippen LogP contribution in [0.4, 0.5) is 0 Å². The standard InChI is InChI=1S/C17H19NO6/c1-9-11-5-6-13(19)10(2)16(11)24-17(23)12(9)8-14(20)18-7-3-4-15(21)22/h5-6,19H,3-4,7-8H2,1-2H3,(H,18,20)(H,21,22)/p-1. The van der Waals surface area contributed by atoms with E-state index in [9.17, 15) is 24.6 Å². The fourth-order valence-corrected chi connectivity index (χ4v) is 2.47. The van der Waals surface area contributed by atoms with Gasteiger partial charge in [0, 0.05) is 23.5 Å². The van der Waals surface area contributed by atoms with Gasteiger partial charge in [0.25, 0.3) is 0 Å². The normalized spacial score (nSPS) is 10.8. The van der Waals surface area contributed by atoms with Crippen molar-refractivity contribution in [1.82, 2.24) is 5.32 Å². The molecule has 7 heteroatoms. The Morgan fingerprint density at radius 3 is 2.62 bits per heavy atom. The minimum Gasteiger partial charge on any atom is -0.550 e. The lowest BCUT2D eigenvalue weighted by Gasteiger charge is -2.10. The third-order valence-corrected chi connectivity index (χ3v) is 3.89. The quantitative estimate of drug-likeness (QED) is 0.580. The number of phenolic OH excluding ortho intramolecular Hbond substituents is 1. The summed E-state index contributed by atoms with van der Waals surface area (Å²) < 4.78 is 5.26. The van der Waals surface area contributed by atoms with Crippen molar-refractivity contribution in [2.75, 3.05) is 6.54 Å². The summed E-state index contributed by atoms with van der Waals surface area (Å²) >= 11 is 0. The van der Waals surface area contributed by atoms with Gasteiger partial charge >= 0.3 is 5.63 Å². The Kier molecular flexibility index (Phi) is 5.23. The minimum atomic E-state index is -1.17. The number of carbonyl (C=O) groups is 2. The molecular weight excluding hydrogens is 314 g/mol. The van der Waals surface area contributed by atoms with Crippen molar-refractivity contribution in [3.63, 3.8) is 0 Å². The number of hydrogen-bond acceptors (Lipinski definition) is 6. The third-order valence-electron chi connectivity index (χ3n) is 3.89. The maximum atomic E-state index is 12.2. The first kappa shape index (κ1) is 17.5. The number of rotatable bonds is 6. The van der Waals surface area contributed by atoms with Crippen LogP contribution in [0.5, 0.6) is 5.75 Å². The monoisotopic (exact) mass is 332 g/mol. The van der Waals surface area contributed by atoms with Gasteiger partial charge in [0.2, 0.25) is 5.91 Å². The van der Waals surface area contributed by atoms with E-state index in [2.05, 4.69) is 5.32 Å². The van der Waals surface area contributed by atoms with E-state index in [-0.39, 0.29) is 37.1 Å². The van der Waals surface area contributed by atoms with E-state index in [0.717, 1.165) is 0 Å². The predicted octanol–water partition coefficient (Wildman–Crippen LogP) is 0.304. The molecule has 0 saturated carbocycles. The first-order chi connectivity index (χ1) is 11.3. The van der Waals surface area contributed by atoms with Crippen LogP contribution in [0.25, 0.3) is 11.0 Å². The van der Waals surface area contributed by atoms with Crippen LogP contribution in [0, 0.1) is 13.8 Å². The molecule has 24 heavy (non-hydrogen) atoms. The van der Waals surface area contributed by atoms with Crippen LogP contribution in [0.3, 0.4) is 0 Å². The topological polar surface area (TPSA) is 120 Å². The summed E-state index contributed by atoms with van der Waals surface area (Å²) in [5.41, 5.74) is 0.999. The molecule has 0 aliphatic rings. The predicted molar refractivity (Wildman–Crippen MR) is 84.6 cm³/mol. The summed E-state index contributed by atoms with van der Waals surface area (Å²) in [7, 11) is 0. The van der Waals surface area contributed by atoms with Crippen molar-refractivity contribution >= 4 is 22.8 Å². The SMILES string of the molecule is Cc1c(CC(=O)NCCCC(=O)[O-])c(=O)oc2c(C)c(O)ccc12. The van der Waals surface area contributed by atoms with Crippen LogP contribution in [-0.2, 0) is 16.0 Å². The lowest BCUT2D eigenvalue weighted by Crippen LogP contribution is -2.30. The highest BCUT2D eigenvalue weighted by atomic mass is 16.4. The smallest absolute Gasteiger partial charge is 0.340 e.